The van der Waals surface area contributed by atoms with Gasteiger partial charge in [-0.05, 0) is 139 Å². The lowest BCUT2D eigenvalue weighted by Gasteiger charge is -2.35. The lowest BCUT2D eigenvalue weighted by molar-refractivity contribution is 0.768. The quantitative estimate of drug-likeness (QED) is 0.147. The van der Waals surface area contributed by atoms with Crippen molar-refractivity contribution in [3.63, 3.8) is 0 Å². The van der Waals surface area contributed by atoms with Gasteiger partial charge >= 0.3 is 0 Å². The minimum absolute atomic E-state index is 0.507. The van der Waals surface area contributed by atoms with Crippen LogP contribution in [-0.4, -0.2) is 4.57 Å². The summed E-state index contributed by atoms with van der Waals surface area (Å²) >= 11 is 0. The van der Waals surface area contributed by atoms with Gasteiger partial charge in [-0.2, -0.15) is 0 Å². The molecule has 1 aliphatic carbocycles. The van der Waals surface area contributed by atoms with Crippen LogP contribution in [0.2, 0.25) is 0 Å². The van der Waals surface area contributed by atoms with Gasteiger partial charge in [-0.25, -0.2) is 0 Å². The van der Waals surface area contributed by atoms with Crippen LogP contribution in [0.15, 0.2) is 279 Å². The molecule has 1 aromatic heterocycles. The molecule has 0 spiro atoms. The zero-order valence-corrected chi connectivity index (χ0v) is 39.0. The molecule has 1 heterocycles. The van der Waals surface area contributed by atoms with Crippen molar-refractivity contribution in [1.82, 2.24) is 4.57 Å². The van der Waals surface area contributed by atoms with E-state index < -0.39 is 5.41 Å². The molecule has 0 unspecified atom stereocenters. The number of hydrogen-bond acceptors (Lipinski definition) is 1. The average molecular weight is 903 g/mol. The molecule has 0 radical (unpaired) electrons. The third-order valence-electron chi connectivity index (χ3n) is 15.0. The molecule has 0 bridgehead atoms. The molecule has 71 heavy (non-hydrogen) atoms. The van der Waals surface area contributed by atoms with Gasteiger partial charge in [-0.3, -0.25) is 0 Å². The molecule has 0 saturated heterocycles. The number of anilines is 3. The van der Waals surface area contributed by atoms with Crippen LogP contribution in [0, 0.1) is 0 Å². The van der Waals surface area contributed by atoms with Crippen molar-refractivity contribution in [3.05, 3.63) is 301 Å². The molecule has 0 fully saturated rings. The van der Waals surface area contributed by atoms with E-state index in [-0.39, 0.29) is 0 Å². The Balaban J connectivity index is 0.878. The van der Waals surface area contributed by atoms with Crippen molar-refractivity contribution in [3.8, 4) is 39.1 Å². The number of hydrogen-bond donors (Lipinski definition) is 0. The van der Waals surface area contributed by atoms with Crippen molar-refractivity contribution in [2.75, 3.05) is 4.90 Å². The van der Waals surface area contributed by atoms with Crippen molar-refractivity contribution >= 4 is 60.4 Å². The molecule has 14 rings (SSSR count). The van der Waals surface area contributed by atoms with Crippen molar-refractivity contribution in [2.45, 2.75) is 5.41 Å². The average Bonchev–Trinajstić information content (AvgIpc) is 3.94. The summed E-state index contributed by atoms with van der Waals surface area (Å²) < 4.78 is 2.43. The highest BCUT2D eigenvalue weighted by atomic mass is 15.1. The molecule has 0 amide bonds. The number of aromatic nitrogens is 1. The zero-order valence-electron chi connectivity index (χ0n) is 39.0. The normalized spacial score (nSPS) is 12.6. The minimum atomic E-state index is -0.507. The van der Waals surface area contributed by atoms with Crippen LogP contribution in [0.5, 0.6) is 0 Å². The number of rotatable bonds is 8. The topological polar surface area (TPSA) is 8.17 Å². The fraction of sp³-hybridized carbons (Fsp3) is 0.0145. The van der Waals surface area contributed by atoms with Crippen molar-refractivity contribution in [1.29, 1.82) is 0 Å². The second-order valence-corrected chi connectivity index (χ2v) is 18.8. The van der Waals surface area contributed by atoms with E-state index in [2.05, 4.69) is 289 Å². The third kappa shape index (κ3) is 6.49. The SMILES string of the molecule is c1ccc(C2(c3ccccc3)c3ccccc3-c3ccc(N(c4ccc(-c5cccc(-c6ccc7c(c6)c6ccccc6n7-c6cccc7ccccc67)c5)cc4)c4ccc5ccccc5c4)cc32)cc1. The standard InChI is InChI=1S/C69H46N2/c1-3-23-54(24-4-1)69(55-25-5-2-6-26-55)64-30-13-11-28-60(64)61-41-40-58(46-65(61)69)70(57-39-35-47-17-7-8-19-52(47)44-57)56-37-33-48(34-38-56)50-21-15-22-51(43-50)53-36-42-68-63(45-53)62-29-12-14-31-67(62)71(68)66-32-16-20-49-18-9-10-27-59(49)66/h1-46H. The summed E-state index contributed by atoms with van der Waals surface area (Å²) in [6, 6.07) is 103. The Labute approximate surface area is 413 Å². The minimum Gasteiger partial charge on any atom is -0.310 e. The lowest BCUT2D eigenvalue weighted by atomic mass is 9.67. The Morgan fingerprint density at radius 3 is 1.63 bits per heavy atom. The van der Waals surface area contributed by atoms with Gasteiger partial charge in [0.25, 0.3) is 0 Å². The monoisotopic (exact) mass is 902 g/mol. The summed E-state index contributed by atoms with van der Waals surface area (Å²) in [6.07, 6.45) is 0. The number of fused-ring (bicyclic) bond motifs is 8. The van der Waals surface area contributed by atoms with Crippen LogP contribution in [0.4, 0.5) is 17.1 Å². The van der Waals surface area contributed by atoms with Gasteiger partial charge in [-0.15, -0.1) is 0 Å². The molecule has 12 aromatic carbocycles. The third-order valence-corrected chi connectivity index (χ3v) is 15.0. The molecule has 332 valence electrons. The predicted octanol–water partition coefficient (Wildman–Crippen LogP) is 18.3. The Morgan fingerprint density at radius 1 is 0.282 bits per heavy atom. The van der Waals surface area contributed by atoms with Gasteiger partial charge in [0.2, 0.25) is 0 Å². The fourth-order valence-electron chi connectivity index (χ4n) is 11.8. The highest BCUT2D eigenvalue weighted by Gasteiger charge is 2.46. The molecule has 0 N–H and O–H groups in total. The van der Waals surface area contributed by atoms with E-state index in [1.165, 1.54) is 105 Å². The fourth-order valence-corrected chi connectivity index (χ4v) is 11.8. The highest BCUT2D eigenvalue weighted by molar-refractivity contribution is 6.12. The maximum absolute atomic E-state index is 2.46. The van der Waals surface area contributed by atoms with Gasteiger partial charge in [-0.1, -0.05) is 212 Å². The predicted molar refractivity (Wildman–Crippen MR) is 299 cm³/mol. The maximum Gasteiger partial charge on any atom is 0.0714 e. The van der Waals surface area contributed by atoms with E-state index in [1.807, 2.05) is 0 Å². The van der Waals surface area contributed by atoms with Crippen LogP contribution in [0.25, 0.3) is 82.4 Å². The summed E-state index contributed by atoms with van der Waals surface area (Å²) in [6.45, 7) is 0. The van der Waals surface area contributed by atoms with Crippen molar-refractivity contribution < 1.29 is 0 Å². The summed E-state index contributed by atoms with van der Waals surface area (Å²) in [5.74, 6) is 0. The summed E-state index contributed by atoms with van der Waals surface area (Å²) in [4.78, 5) is 2.43. The van der Waals surface area contributed by atoms with E-state index in [0.29, 0.717) is 0 Å². The smallest absolute Gasteiger partial charge is 0.0714 e. The van der Waals surface area contributed by atoms with Crippen LogP contribution < -0.4 is 4.90 Å². The maximum atomic E-state index is 2.46. The van der Waals surface area contributed by atoms with Crippen LogP contribution in [-0.2, 0) is 5.41 Å². The first-order chi connectivity index (χ1) is 35.2. The number of nitrogens with zero attached hydrogens (tertiary/aromatic N) is 2. The summed E-state index contributed by atoms with van der Waals surface area (Å²) in [5.41, 5.74) is 18.8. The molecular weight excluding hydrogens is 857 g/mol. The second kappa shape index (κ2) is 16.5. The Bertz CT molecular complexity index is 4120. The Morgan fingerprint density at radius 2 is 0.831 bits per heavy atom. The first-order valence-corrected chi connectivity index (χ1v) is 24.6. The van der Waals surface area contributed by atoms with Crippen LogP contribution in [0.3, 0.4) is 0 Å². The molecule has 2 nitrogen and oxygen atoms in total. The first kappa shape index (κ1) is 40.8. The molecule has 0 aliphatic heterocycles. The second-order valence-electron chi connectivity index (χ2n) is 18.8. The summed E-state index contributed by atoms with van der Waals surface area (Å²) in [7, 11) is 0. The summed E-state index contributed by atoms with van der Waals surface area (Å²) in [5, 5.41) is 7.40. The molecule has 0 atom stereocenters. The molecule has 13 aromatic rings. The van der Waals surface area contributed by atoms with Gasteiger partial charge < -0.3 is 9.47 Å². The molecule has 2 heteroatoms. The largest absolute Gasteiger partial charge is 0.310 e. The van der Waals surface area contributed by atoms with Gasteiger partial charge in [0.05, 0.1) is 22.1 Å². The first-order valence-electron chi connectivity index (χ1n) is 24.6. The lowest BCUT2D eigenvalue weighted by Crippen LogP contribution is -2.28. The van der Waals surface area contributed by atoms with Crippen molar-refractivity contribution in [2.24, 2.45) is 0 Å². The Hall–Kier alpha value is -9.24. The van der Waals surface area contributed by atoms with Gasteiger partial charge in [0.15, 0.2) is 0 Å². The Kier molecular flexibility index (Phi) is 9.47. The van der Waals surface area contributed by atoms with E-state index in [0.717, 1.165) is 17.1 Å². The van der Waals surface area contributed by atoms with E-state index >= 15 is 0 Å². The molecule has 1 aliphatic rings. The zero-order chi connectivity index (χ0) is 46.9. The highest BCUT2D eigenvalue weighted by Crippen LogP contribution is 2.57. The molecule has 0 saturated carbocycles. The number of benzene rings is 12. The van der Waals surface area contributed by atoms with Crippen LogP contribution in [0.1, 0.15) is 22.3 Å². The number of para-hydroxylation sites is 1. The van der Waals surface area contributed by atoms with Crippen LogP contribution >= 0.6 is 0 Å². The van der Waals surface area contributed by atoms with E-state index in [4.69, 9.17) is 0 Å². The van der Waals surface area contributed by atoms with Gasteiger partial charge in [0, 0.05) is 33.2 Å². The van der Waals surface area contributed by atoms with Gasteiger partial charge in [0.1, 0.15) is 0 Å². The van der Waals surface area contributed by atoms with E-state index in [1.54, 1.807) is 0 Å². The van der Waals surface area contributed by atoms with E-state index in [9.17, 15) is 0 Å². The molecular formula is C69H46N2.